The van der Waals surface area contributed by atoms with Crippen LogP contribution in [0.5, 0.6) is 5.75 Å². The number of hydrogen-bond acceptors (Lipinski definition) is 2. The van der Waals surface area contributed by atoms with Gasteiger partial charge in [-0.15, -0.1) is 6.42 Å². The highest BCUT2D eigenvalue weighted by atomic mass is 28.4. The maximum Gasteiger partial charge on any atom is 0.242 e. The molecule has 0 bridgehead atoms. The second-order valence-electron chi connectivity index (χ2n) is 12.2. The number of terminal acetylenes is 1. The monoisotopic (exact) mass is 440 g/mol. The molecule has 2 nitrogen and oxygen atoms in total. The van der Waals surface area contributed by atoms with Crippen LogP contribution in [0.4, 0.5) is 0 Å². The van der Waals surface area contributed by atoms with Crippen LogP contribution < -0.4 is 4.43 Å². The van der Waals surface area contributed by atoms with E-state index in [1.807, 2.05) is 0 Å². The van der Waals surface area contributed by atoms with E-state index in [1.165, 1.54) is 37.7 Å². The first-order valence-corrected chi connectivity index (χ1v) is 18.7. The molecule has 4 heteroatoms. The number of fused-ring (bicyclic) bond motifs is 5. The van der Waals surface area contributed by atoms with Crippen LogP contribution in [-0.4, -0.2) is 22.2 Å². The van der Waals surface area contributed by atoms with Gasteiger partial charge in [0.1, 0.15) is 11.4 Å². The van der Waals surface area contributed by atoms with Gasteiger partial charge in [0.2, 0.25) is 8.32 Å². The Kier molecular flexibility index (Phi) is 5.36. The first-order chi connectivity index (χ1) is 13.9. The molecule has 4 rings (SSSR count). The van der Waals surface area contributed by atoms with Crippen molar-refractivity contribution in [1.29, 1.82) is 0 Å². The van der Waals surface area contributed by atoms with E-state index in [4.69, 9.17) is 15.3 Å². The fraction of sp³-hybridized carbons (Fsp3) is 0.692. The zero-order valence-electron chi connectivity index (χ0n) is 20.1. The largest absolute Gasteiger partial charge is 0.544 e. The van der Waals surface area contributed by atoms with Crippen LogP contribution in [0, 0.1) is 29.6 Å². The van der Waals surface area contributed by atoms with Crippen molar-refractivity contribution >= 4 is 16.6 Å². The Balaban J connectivity index is 1.62. The lowest BCUT2D eigenvalue weighted by Gasteiger charge is -2.54. The molecule has 0 aromatic heterocycles. The molecule has 0 spiro atoms. The van der Waals surface area contributed by atoms with Gasteiger partial charge >= 0.3 is 0 Å². The van der Waals surface area contributed by atoms with Gasteiger partial charge in [0, 0.05) is 5.41 Å². The Morgan fingerprint density at radius 2 is 1.73 bits per heavy atom. The summed E-state index contributed by atoms with van der Waals surface area (Å²) >= 11 is 0. The molecule has 0 aliphatic heterocycles. The van der Waals surface area contributed by atoms with Gasteiger partial charge in [-0.1, -0.05) is 18.9 Å². The molecule has 3 aliphatic rings. The van der Waals surface area contributed by atoms with Crippen LogP contribution in [-0.2, 0) is 10.8 Å². The molecule has 30 heavy (non-hydrogen) atoms. The van der Waals surface area contributed by atoms with E-state index in [1.54, 1.807) is 5.56 Å². The third-order valence-corrected chi connectivity index (χ3v) is 9.76. The molecule has 0 unspecified atom stereocenters. The minimum atomic E-state index is -1.72. The molecule has 5 atom stereocenters. The fourth-order valence-corrected chi connectivity index (χ4v) is 9.20. The summed E-state index contributed by atoms with van der Waals surface area (Å²) < 4.78 is 13.1. The average molecular weight is 441 g/mol. The Morgan fingerprint density at radius 3 is 2.37 bits per heavy atom. The summed E-state index contributed by atoms with van der Waals surface area (Å²) in [5.41, 5.74) is 2.86. The van der Waals surface area contributed by atoms with E-state index in [0.29, 0.717) is 11.8 Å². The molecule has 164 valence electrons. The van der Waals surface area contributed by atoms with E-state index < -0.39 is 16.6 Å². The van der Waals surface area contributed by atoms with Crippen LogP contribution >= 0.6 is 0 Å². The van der Waals surface area contributed by atoms with Gasteiger partial charge in [-0.3, -0.25) is 0 Å². The normalized spacial score (nSPS) is 35.7. The standard InChI is InChI=1S/C26H40O2Si2/c1-9-26(28-30(6,7)8)17-15-24-23-12-10-19-18-20(27-29(3,4)5)11-13-21(19)22(23)14-16-25(24,26)2/h1,11,13,18,22-24H,10,12,14-17H2,2-8H3/t22-,23-,24+,25+,26-/m1/s1. The summed E-state index contributed by atoms with van der Waals surface area (Å²) in [6.45, 7) is 16.1. The maximum atomic E-state index is 6.81. The zero-order chi connectivity index (χ0) is 21.9. The summed E-state index contributed by atoms with van der Waals surface area (Å²) in [5.74, 6) is 6.38. The molecule has 0 heterocycles. The minimum absolute atomic E-state index is 0.113. The van der Waals surface area contributed by atoms with Crippen LogP contribution in [0.15, 0.2) is 18.2 Å². The highest BCUT2D eigenvalue weighted by Gasteiger charge is 2.63. The van der Waals surface area contributed by atoms with Crippen molar-refractivity contribution in [1.82, 2.24) is 0 Å². The predicted octanol–water partition coefficient (Wildman–Crippen LogP) is 6.98. The van der Waals surface area contributed by atoms with Gasteiger partial charge in [-0.05, 0) is 119 Å². The van der Waals surface area contributed by atoms with Crippen molar-refractivity contribution in [2.75, 3.05) is 0 Å². The number of aryl methyl sites for hydroxylation is 1. The van der Waals surface area contributed by atoms with Gasteiger partial charge in [0.15, 0.2) is 8.32 Å². The summed E-state index contributed by atoms with van der Waals surface area (Å²) in [4.78, 5) is 0. The molecular weight excluding hydrogens is 400 g/mol. The van der Waals surface area contributed by atoms with Crippen molar-refractivity contribution in [3.8, 4) is 18.1 Å². The second-order valence-corrected chi connectivity index (χ2v) is 21.0. The Hall–Kier alpha value is -1.03. The topological polar surface area (TPSA) is 18.5 Å². The van der Waals surface area contributed by atoms with Crippen LogP contribution in [0.25, 0.3) is 0 Å². The highest BCUT2D eigenvalue weighted by molar-refractivity contribution is 6.70. The van der Waals surface area contributed by atoms with Crippen molar-refractivity contribution in [3.05, 3.63) is 29.3 Å². The lowest BCUT2D eigenvalue weighted by molar-refractivity contribution is -0.0537. The van der Waals surface area contributed by atoms with Crippen LogP contribution in [0.2, 0.25) is 39.3 Å². The lowest BCUT2D eigenvalue weighted by Crippen LogP contribution is -2.54. The Labute approximate surface area is 186 Å². The molecule has 2 saturated carbocycles. The lowest BCUT2D eigenvalue weighted by atomic mass is 9.53. The van der Waals surface area contributed by atoms with Gasteiger partial charge in [0.05, 0.1) is 0 Å². The van der Waals surface area contributed by atoms with E-state index in [2.05, 4.69) is 70.3 Å². The summed E-state index contributed by atoms with van der Waals surface area (Å²) in [6.07, 6.45) is 13.3. The summed E-state index contributed by atoms with van der Waals surface area (Å²) in [6, 6.07) is 6.94. The molecule has 0 amide bonds. The van der Waals surface area contributed by atoms with E-state index in [-0.39, 0.29) is 11.0 Å². The molecule has 1 aromatic rings. The van der Waals surface area contributed by atoms with E-state index >= 15 is 0 Å². The van der Waals surface area contributed by atoms with Gasteiger partial charge in [0.25, 0.3) is 0 Å². The maximum absolute atomic E-state index is 6.81. The predicted molar refractivity (Wildman–Crippen MR) is 131 cm³/mol. The van der Waals surface area contributed by atoms with Gasteiger partial charge in [-0.25, -0.2) is 0 Å². The fourth-order valence-electron chi connectivity index (χ4n) is 6.93. The number of rotatable bonds is 4. The highest BCUT2D eigenvalue weighted by Crippen LogP contribution is 2.65. The molecule has 1 aromatic carbocycles. The molecule has 0 saturated heterocycles. The number of benzene rings is 1. The zero-order valence-corrected chi connectivity index (χ0v) is 22.1. The average Bonchev–Trinajstić information content (AvgIpc) is 2.91. The Morgan fingerprint density at radius 1 is 1.00 bits per heavy atom. The molecule has 3 aliphatic carbocycles. The molecule has 0 N–H and O–H groups in total. The second kappa shape index (κ2) is 7.25. The minimum Gasteiger partial charge on any atom is -0.544 e. The summed E-state index contributed by atoms with van der Waals surface area (Å²) in [5, 5.41) is 0. The third kappa shape index (κ3) is 3.72. The number of hydrogen-bond donors (Lipinski definition) is 0. The van der Waals surface area contributed by atoms with Crippen molar-refractivity contribution < 1.29 is 8.85 Å². The van der Waals surface area contributed by atoms with Gasteiger partial charge in [-0.2, -0.15) is 0 Å². The van der Waals surface area contributed by atoms with Crippen LogP contribution in [0.3, 0.4) is 0 Å². The molecule has 0 radical (unpaired) electrons. The summed E-state index contributed by atoms with van der Waals surface area (Å²) in [7, 11) is -3.29. The molecular formula is C26H40O2Si2. The first kappa shape index (κ1) is 22.2. The van der Waals surface area contributed by atoms with Crippen LogP contribution in [0.1, 0.15) is 56.1 Å². The third-order valence-electron chi connectivity index (χ3n) is 7.96. The first-order valence-electron chi connectivity index (χ1n) is 11.9. The van der Waals surface area contributed by atoms with E-state index in [0.717, 1.165) is 18.1 Å². The quantitative estimate of drug-likeness (QED) is 0.371. The SMILES string of the molecule is C#C[C@@]1(O[Si](C)(C)C)CC[C@H]2[C@@H]3CCc4cc(O[Si](C)(C)C)ccc4[C@H]3CC[C@@]21C. The Bertz CT molecular complexity index is 859. The van der Waals surface area contributed by atoms with Crippen molar-refractivity contribution in [3.63, 3.8) is 0 Å². The van der Waals surface area contributed by atoms with Gasteiger partial charge < -0.3 is 8.85 Å². The van der Waals surface area contributed by atoms with Crippen molar-refractivity contribution in [2.45, 2.75) is 96.2 Å². The van der Waals surface area contributed by atoms with Crippen molar-refractivity contribution in [2.24, 2.45) is 17.3 Å². The van der Waals surface area contributed by atoms with E-state index in [9.17, 15) is 0 Å². The smallest absolute Gasteiger partial charge is 0.242 e. The molecule has 2 fully saturated rings.